The molecule has 0 saturated heterocycles. The molecule has 0 radical (unpaired) electrons. The van der Waals surface area contributed by atoms with Gasteiger partial charge in [-0.15, -0.1) is 11.8 Å². The number of hydrogen-bond donors (Lipinski definition) is 1. The Morgan fingerprint density at radius 3 is 2.82 bits per heavy atom. The molecule has 0 spiro atoms. The smallest absolute Gasteiger partial charge is 0.162 e. The second-order valence-electron chi connectivity index (χ2n) is 4.03. The van der Waals surface area contributed by atoms with Gasteiger partial charge in [0.25, 0.3) is 0 Å². The minimum Gasteiger partial charge on any atom is -0.490 e. The van der Waals surface area contributed by atoms with Gasteiger partial charge in [-0.3, -0.25) is 0 Å². The first-order valence-electron chi connectivity index (χ1n) is 6.00. The van der Waals surface area contributed by atoms with Gasteiger partial charge in [0.05, 0.1) is 19.3 Å². The molecule has 0 bridgehead atoms. The predicted octanol–water partition coefficient (Wildman–Crippen LogP) is 2.71. The van der Waals surface area contributed by atoms with E-state index in [9.17, 15) is 5.11 Å². The van der Waals surface area contributed by atoms with E-state index in [-0.39, 0.29) is 6.10 Å². The summed E-state index contributed by atoms with van der Waals surface area (Å²) < 4.78 is 11.2. The highest BCUT2D eigenvalue weighted by molar-refractivity contribution is 7.99. The Kier molecular flexibility index (Phi) is 4.57. The Morgan fingerprint density at radius 2 is 2.06 bits per heavy atom. The summed E-state index contributed by atoms with van der Waals surface area (Å²) in [5, 5.41) is 9.53. The molecule has 1 aliphatic heterocycles. The van der Waals surface area contributed by atoms with Crippen LogP contribution in [0.3, 0.4) is 0 Å². The van der Waals surface area contributed by atoms with Gasteiger partial charge < -0.3 is 14.6 Å². The number of thioether (sulfide) groups is 1. The van der Waals surface area contributed by atoms with Crippen molar-refractivity contribution >= 4 is 11.8 Å². The van der Waals surface area contributed by atoms with Crippen molar-refractivity contribution in [2.75, 3.05) is 19.0 Å². The van der Waals surface area contributed by atoms with E-state index in [1.54, 1.807) is 11.8 Å². The maximum atomic E-state index is 9.53. The van der Waals surface area contributed by atoms with Gasteiger partial charge in [0.2, 0.25) is 0 Å². The number of rotatable bonds is 4. The second kappa shape index (κ2) is 6.17. The monoisotopic (exact) mass is 254 g/mol. The Morgan fingerprint density at radius 1 is 1.29 bits per heavy atom. The summed E-state index contributed by atoms with van der Waals surface area (Å²) in [4.78, 5) is 1.11. The van der Waals surface area contributed by atoms with Gasteiger partial charge in [0.1, 0.15) is 0 Å². The number of fused-ring (bicyclic) bond motifs is 1. The maximum absolute atomic E-state index is 9.53. The zero-order valence-electron chi connectivity index (χ0n) is 10.0. The van der Waals surface area contributed by atoms with E-state index < -0.39 is 0 Å². The lowest BCUT2D eigenvalue weighted by Crippen LogP contribution is -2.07. The van der Waals surface area contributed by atoms with Gasteiger partial charge in [-0.25, -0.2) is 0 Å². The molecule has 1 unspecified atom stereocenters. The number of benzene rings is 1. The molecule has 1 atom stereocenters. The predicted molar refractivity (Wildman–Crippen MR) is 69.1 cm³/mol. The maximum Gasteiger partial charge on any atom is 0.162 e. The van der Waals surface area contributed by atoms with E-state index in [4.69, 9.17) is 9.47 Å². The fraction of sp³-hybridized carbons (Fsp3) is 0.538. The van der Waals surface area contributed by atoms with Crippen LogP contribution in [0.15, 0.2) is 23.1 Å². The summed E-state index contributed by atoms with van der Waals surface area (Å²) in [5.41, 5.74) is 0. The standard InChI is InChI=1S/C13H18O3S/c1-2-10(14)9-17-11-4-5-12-13(8-11)16-7-3-6-15-12/h4-5,8,10,14H,2-3,6-7,9H2,1H3. The van der Waals surface area contributed by atoms with Crippen LogP contribution in [0, 0.1) is 0 Å². The lowest BCUT2D eigenvalue weighted by molar-refractivity contribution is 0.195. The summed E-state index contributed by atoms with van der Waals surface area (Å²) in [5.74, 6) is 2.36. The van der Waals surface area contributed by atoms with Gasteiger partial charge in [0.15, 0.2) is 11.5 Å². The molecule has 17 heavy (non-hydrogen) atoms. The Balaban J connectivity index is 2.02. The lowest BCUT2D eigenvalue weighted by atomic mass is 10.3. The summed E-state index contributed by atoms with van der Waals surface area (Å²) in [6, 6.07) is 5.95. The highest BCUT2D eigenvalue weighted by Crippen LogP contribution is 2.34. The summed E-state index contributed by atoms with van der Waals surface area (Å²) in [7, 11) is 0. The van der Waals surface area contributed by atoms with Crippen molar-refractivity contribution in [3.05, 3.63) is 18.2 Å². The molecular weight excluding hydrogens is 236 g/mol. The van der Waals surface area contributed by atoms with E-state index in [1.165, 1.54) is 0 Å². The van der Waals surface area contributed by atoms with Crippen molar-refractivity contribution in [1.82, 2.24) is 0 Å². The molecule has 94 valence electrons. The van der Waals surface area contributed by atoms with Crippen LogP contribution in [0.5, 0.6) is 11.5 Å². The van der Waals surface area contributed by atoms with Crippen molar-refractivity contribution in [2.45, 2.75) is 30.8 Å². The van der Waals surface area contributed by atoms with E-state index in [0.717, 1.165) is 35.0 Å². The lowest BCUT2D eigenvalue weighted by Gasteiger charge is -2.10. The van der Waals surface area contributed by atoms with Crippen LogP contribution >= 0.6 is 11.8 Å². The van der Waals surface area contributed by atoms with Gasteiger partial charge in [0, 0.05) is 17.1 Å². The molecule has 0 amide bonds. The zero-order chi connectivity index (χ0) is 12.1. The minimum absolute atomic E-state index is 0.240. The van der Waals surface area contributed by atoms with E-state index >= 15 is 0 Å². The highest BCUT2D eigenvalue weighted by Gasteiger charge is 2.11. The normalized spacial score (nSPS) is 16.4. The van der Waals surface area contributed by atoms with Crippen LogP contribution in [-0.2, 0) is 0 Å². The third kappa shape index (κ3) is 3.54. The van der Waals surface area contributed by atoms with Crippen LogP contribution in [-0.4, -0.2) is 30.2 Å². The van der Waals surface area contributed by atoms with Crippen molar-refractivity contribution in [1.29, 1.82) is 0 Å². The van der Waals surface area contributed by atoms with Gasteiger partial charge in [-0.05, 0) is 24.6 Å². The van der Waals surface area contributed by atoms with Crippen LogP contribution < -0.4 is 9.47 Å². The summed E-state index contributed by atoms with van der Waals surface area (Å²) in [6.45, 7) is 3.41. The molecule has 0 fully saturated rings. The Labute approximate surface area is 106 Å². The fourth-order valence-corrected chi connectivity index (χ4v) is 2.52. The molecular formula is C13H18O3S. The van der Waals surface area contributed by atoms with Crippen LogP contribution in [0.1, 0.15) is 19.8 Å². The van der Waals surface area contributed by atoms with E-state index in [2.05, 4.69) is 0 Å². The van der Waals surface area contributed by atoms with Gasteiger partial charge in [-0.1, -0.05) is 6.92 Å². The number of aliphatic hydroxyl groups excluding tert-OH is 1. The Bertz CT molecular complexity index is 368. The molecule has 3 nitrogen and oxygen atoms in total. The topological polar surface area (TPSA) is 38.7 Å². The minimum atomic E-state index is -0.240. The quantitative estimate of drug-likeness (QED) is 0.839. The average molecular weight is 254 g/mol. The number of hydrogen-bond acceptors (Lipinski definition) is 4. The Hall–Kier alpha value is -0.870. The molecule has 0 aliphatic carbocycles. The molecule has 4 heteroatoms. The average Bonchev–Trinajstić information content (AvgIpc) is 2.60. The fourth-order valence-electron chi connectivity index (χ4n) is 1.54. The third-order valence-corrected chi connectivity index (χ3v) is 3.77. The molecule has 0 aromatic heterocycles. The van der Waals surface area contributed by atoms with E-state index in [1.807, 2.05) is 25.1 Å². The first-order chi connectivity index (χ1) is 8.29. The molecule has 1 N–H and O–H groups in total. The van der Waals surface area contributed by atoms with Gasteiger partial charge in [-0.2, -0.15) is 0 Å². The molecule has 1 aromatic rings. The van der Waals surface area contributed by atoms with Crippen molar-refractivity contribution < 1.29 is 14.6 Å². The highest BCUT2D eigenvalue weighted by atomic mass is 32.2. The van der Waals surface area contributed by atoms with E-state index in [0.29, 0.717) is 13.2 Å². The SMILES string of the molecule is CCC(O)CSc1ccc2c(c1)OCCCO2. The third-order valence-electron chi connectivity index (χ3n) is 2.63. The van der Waals surface area contributed by atoms with Crippen molar-refractivity contribution in [3.8, 4) is 11.5 Å². The number of ether oxygens (including phenoxy) is 2. The number of aliphatic hydroxyl groups is 1. The molecule has 1 aromatic carbocycles. The van der Waals surface area contributed by atoms with Crippen molar-refractivity contribution in [2.24, 2.45) is 0 Å². The van der Waals surface area contributed by atoms with Crippen LogP contribution in [0.2, 0.25) is 0 Å². The summed E-state index contributed by atoms with van der Waals surface area (Å²) in [6.07, 6.45) is 1.47. The summed E-state index contributed by atoms with van der Waals surface area (Å²) >= 11 is 1.65. The molecule has 2 rings (SSSR count). The molecule has 1 heterocycles. The second-order valence-corrected chi connectivity index (χ2v) is 5.13. The first-order valence-corrected chi connectivity index (χ1v) is 6.98. The zero-order valence-corrected chi connectivity index (χ0v) is 10.8. The van der Waals surface area contributed by atoms with Crippen molar-refractivity contribution in [3.63, 3.8) is 0 Å². The largest absolute Gasteiger partial charge is 0.490 e. The first kappa shape index (κ1) is 12.6. The van der Waals surface area contributed by atoms with Crippen LogP contribution in [0.4, 0.5) is 0 Å². The molecule has 0 saturated carbocycles. The molecule has 1 aliphatic rings. The van der Waals surface area contributed by atoms with Gasteiger partial charge >= 0.3 is 0 Å². The van der Waals surface area contributed by atoms with Crippen LogP contribution in [0.25, 0.3) is 0 Å².